The summed E-state index contributed by atoms with van der Waals surface area (Å²) in [6, 6.07) is 0. The van der Waals surface area contributed by atoms with E-state index in [4.69, 9.17) is 28.4 Å². The van der Waals surface area contributed by atoms with E-state index in [1.54, 1.807) is 0 Å². The highest BCUT2D eigenvalue weighted by atomic mass is 35.5. The number of alkyl halides is 6. The number of oxime groups is 1. The van der Waals surface area contributed by atoms with Crippen LogP contribution in [0, 0.1) is 0 Å². The Morgan fingerprint density at radius 2 is 1.67 bits per heavy atom. The fourth-order valence-corrected chi connectivity index (χ4v) is 1.43. The van der Waals surface area contributed by atoms with Crippen LogP contribution in [-0.4, -0.2) is 31.6 Å². The van der Waals surface area contributed by atoms with E-state index in [2.05, 4.69) is 16.8 Å². The summed E-state index contributed by atoms with van der Waals surface area (Å²) >= 11 is 14.0. The standard InChI is InChI=1S/C6H7Cl3F3NO2/c1-3(13-15)2-4(14,5(7,8)10)6(9,11)12/h14-15H,2H2,1H3/b13-3+. The van der Waals surface area contributed by atoms with Crippen LogP contribution in [0.1, 0.15) is 13.3 Å². The molecule has 9 heteroatoms. The van der Waals surface area contributed by atoms with Crippen molar-refractivity contribution >= 4 is 40.5 Å². The molecule has 0 heterocycles. The third-order valence-corrected chi connectivity index (χ3v) is 2.56. The molecule has 0 radical (unpaired) electrons. The van der Waals surface area contributed by atoms with Gasteiger partial charge in [-0.2, -0.15) is 8.78 Å². The maximum absolute atomic E-state index is 13.0. The van der Waals surface area contributed by atoms with E-state index >= 15 is 0 Å². The van der Waals surface area contributed by atoms with Crippen molar-refractivity contribution in [2.24, 2.45) is 5.16 Å². The van der Waals surface area contributed by atoms with Crippen LogP contribution < -0.4 is 0 Å². The molecule has 0 saturated heterocycles. The van der Waals surface area contributed by atoms with Gasteiger partial charge < -0.3 is 10.3 Å². The number of nitrogens with zero attached hydrogens (tertiary/aromatic N) is 1. The monoisotopic (exact) mass is 287 g/mol. The summed E-state index contributed by atoms with van der Waals surface area (Å²) in [5.41, 5.74) is -4.01. The van der Waals surface area contributed by atoms with Crippen molar-refractivity contribution in [1.82, 2.24) is 0 Å². The molecule has 0 aliphatic rings. The first-order valence-corrected chi connectivity index (χ1v) is 4.62. The van der Waals surface area contributed by atoms with Crippen molar-refractivity contribution in [2.45, 2.75) is 28.9 Å². The Morgan fingerprint density at radius 1 is 1.27 bits per heavy atom. The van der Waals surface area contributed by atoms with Gasteiger partial charge in [-0.3, -0.25) is 0 Å². The number of hydrogen-bond donors (Lipinski definition) is 2. The van der Waals surface area contributed by atoms with Gasteiger partial charge in [-0.15, -0.1) is 0 Å². The molecule has 0 aliphatic carbocycles. The van der Waals surface area contributed by atoms with Crippen LogP contribution in [-0.2, 0) is 0 Å². The highest BCUT2D eigenvalue weighted by molar-refractivity contribution is 6.48. The van der Waals surface area contributed by atoms with Gasteiger partial charge in [0.05, 0.1) is 5.71 Å². The van der Waals surface area contributed by atoms with Crippen molar-refractivity contribution in [2.75, 3.05) is 0 Å². The molecule has 0 amide bonds. The maximum Gasteiger partial charge on any atom is 0.356 e. The van der Waals surface area contributed by atoms with Gasteiger partial charge in [-0.1, -0.05) is 28.4 Å². The zero-order chi connectivity index (χ0) is 12.5. The second-order valence-electron chi connectivity index (χ2n) is 2.87. The van der Waals surface area contributed by atoms with Gasteiger partial charge in [0.15, 0.2) is 0 Å². The predicted molar refractivity (Wildman–Crippen MR) is 50.8 cm³/mol. The molecule has 15 heavy (non-hydrogen) atoms. The van der Waals surface area contributed by atoms with Crippen LogP contribution in [0.25, 0.3) is 0 Å². The topological polar surface area (TPSA) is 52.8 Å². The van der Waals surface area contributed by atoms with E-state index in [9.17, 15) is 18.3 Å². The molecule has 90 valence electrons. The Labute approximate surface area is 98.4 Å². The molecule has 1 atom stereocenters. The number of rotatable bonds is 4. The molecule has 0 bridgehead atoms. The van der Waals surface area contributed by atoms with Crippen LogP contribution in [0.4, 0.5) is 13.2 Å². The minimum atomic E-state index is -4.43. The van der Waals surface area contributed by atoms with Crippen molar-refractivity contribution in [1.29, 1.82) is 0 Å². The Morgan fingerprint density at radius 3 is 1.87 bits per heavy atom. The molecule has 3 nitrogen and oxygen atoms in total. The lowest BCUT2D eigenvalue weighted by molar-refractivity contribution is -0.153. The Hall–Kier alpha value is 0.0900. The summed E-state index contributed by atoms with van der Waals surface area (Å²) in [6.07, 6.45) is -1.14. The highest BCUT2D eigenvalue weighted by Gasteiger charge is 2.65. The summed E-state index contributed by atoms with van der Waals surface area (Å²) in [5, 5.41) is 15.5. The smallest absolute Gasteiger partial charge is 0.356 e. The summed E-state index contributed by atoms with van der Waals surface area (Å²) < 4.78 is 34.8. The molecule has 0 saturated carbocycles. The number of aliphatic hydroxyl groups is 1. The first kappa shape index (κ1) is 15.1. The van der Waals surface area contributed by atoms with Gasteiger partial charge in [0, 0.05) is 6.42 Å². The first-order chi connectivity index (χ1) is 6.45. The fourth-order valence-electron chi connectivity index (χ4n) is 0.767. The quantitative estimate of drug-likeness (QED) is 0.362. The van der Waals surface area contributed by atoms with Gasteiger partial charge in [0.1, 0.15) is 0 Å². The van der Waals surface area contributed by atoms with Gasteiger partial charge in [0.2, 0.25) is 5.60 Å². The minimum absolute atomic E-state index is 0.416. The van der Waals surface area contributed by atoms with E-state index in [-0.39, 0.29) is 0 Å². The SMILES string of the molecule is C/C(CC(O)(C(F)(F)Cl)C(F)(Cl)Cl)=N\O. The molecular formula is C6H7Cl3F3NO2. The molecular weight excluding hydrogens is 281 g/mol. The number of halogens is 6. The van der Waals surface area contributed by atoms with Crippen LogP contribution in [0.3, 0.4) is 0 Å². The third kappa shape index (κ3) is 3.27. The number of hydrogen-bond acceptors (Lipinski definition) is 3. The molecule has 0 aliphatic heterocycles. The first-order valence-electron chi connectivity index (χ1n) is 3.49. The minimum Gasteiger partial charge on any atom is -0.411 e. The van der Waals surface area contributed by atoms with Crippen molar-refractivity contribution in [3.8, 4) is 0 Å². The van der Waals surface area contributed by atoms with Crippen molar-refractivity contribution in [3.63, 3.8) is 0 Å². The lowest BCUT2D eigenvalue weighted by Gasteiger charge is -2.35. The molecule has 0 spiro atoms. The fraction of sp³-hybridized carbons (Fsp3) is 0.833. The summed E-state index contributed by atoms with van der Waals surface area (Å²) in [7, 11) is 0. The Kier molecular flexibility index (Phi) is 4.56. The van der Waals surface area contributed by atoms with Crippen LogP contribution >= 0.6 is 34.8 Å². The molecule has 2 N–H and O–H groups in total. The van der Waals surface area contributed by atoms with E-state index in [0.717, 1.165) is 6.92 Å². The second-order valence-corrected chi connectivity index (χ2v) is 4.58. The molecule has 0 rings (SSSR count). The lowest BCUT2D eigenvalue weighted by atomic mass is 9.98. The summed E-state index contributed by atoms with van der Waals surface area (Å²) in [6.45, 7) is 1.05. The summed E-state index contributed by atoms with van der Waals surface area (Å²) in [4.78, 5) is 0. The van der Waals surface area contributed by atoms with E-state index in [1.807, 2.05) is 0 Å². The van der Waals surface area contributed by atoms with E-state index in [0.29, 0.717) is 0 Å². The van der Waals surface area contributed by atoms with Gasteiger partial charge in [-0.25, -0.2) is 4.39 Å². The molecule has 0 aromatic carbocycles. The van der Waals surface area contributed by atoms with Gasteiger partial charge in [0.25, 0.3) is 4.59 Å². The normalized spacial score (nSPS) is 18.8. The Balaban J connectivity index is 5.25. The average Bonchev–Trinajstić information content (AvgIpc) is 1.99. The highest BCUT2D eigenvalue weighted by Crippen LogP contribution is 2.49. The zero-order valence-corrected chi connectivity index (χ0v) is 9.58. The van der Waals surface area contributed by atoms with E-state index < -0.39 is 27.7 Å². The summed E-state index contributed by atoms with van der Waals surface area (Å²) in [5.74, 6) is 0. The third-order valence-electron chi connectivity index (χ3n) is 1.62. The van der Waals surface area contributed by atoms with Crippen LogP contribution in [0.15, 0.2) is 5.16 Å². The van der Waals surface area contributed by atoms with Crippen molar-refractivity contribution in [3.05, 3.63) is 0 Å². The molecule has 1 unspecified atom stereocenters. The predicted octanol–water partition coefficient (Wildman–Crippen LogP) is 2.89. The average molecular weight is 288 g/mol. The lowest BCUT2D eigenvalue weighted by Crippen LogP contribution is -2.56. The van der Waals surface area contributed by atoms with Crippen molar-refractivity contribution < 1.29 is 23.5 Å². The van der Waals surface area contributed by atoms with E-state index in [1.165, 1.54) is 0 Å². The van der Waals surface area contributed by atoms with Gasteiger partial charge >= 0.3 is 5.38 Å². The van der Waals surface area contributed by atoms with Crippen LogP contribution in [0.5, 0.6) is 0 Å². The molecule has 0 aromatic rings. The van der Waals surface area contributed by atoms with Crippen LogP contribution in [0.2, 0.25) is 0 Å². The zero-order valence-electron chi connectivity index (χ0n) is 7.32. The Bertz CT molecular complexity index is 247. The molecule has 0 aromatic heterocycles. The maximum atomic E-state index is 13.0. The largest absolute Gasteiger partial charge is 0.411 e. The second kappa shape index (κ2) is 4.53. The van der Waals surface area contributed by atoms with Gasteiger partial charge in [-0.05, 0) is 18.5 Å². The molecule has 0 fully saturated rings.